The van der Waals surface area contributed by atoms with Gasteiger partial charge in [0.2, 0.25) is 0 Å². The zero-order chi connectivity index (χ0) is 12.7. The normalized spacial score (nSPS) is 14.0. The van der Waals surface area contributed by atoms with Crippen molar-refractivity contribution in [1.29, 1.82) is 0 Å². The average Bonchev–Trinajstić information content (AvgIpc) is 2.81. The lowest BCUT2D eigenvalue weighted by molar-refractivity contribution is -0.141. The van der Waals surface area contributed by atoms with E-state index < -0.39 is 19.1 Å². The fraction of sp³-hybridized carbons (Fsp3) is 0.750. The molecule has 1 aliphatic rings. The molecule has 0 saturated heterocycles. The molecule has 7 nitrogen and oxygen atoms in total. The number of nitrogens with zero attached hydrogens (tertiary/aromatic N) is 1. The van der Waals surface area contributed by atoms with Crippen molar-refractivity contribution >= 4 is 19.1 Å². The van der Waals surface area contributed by atoms with Gasteiger partial charge >= 0.3 is 19.1 Å². The molecule has 16 heavy (non-hydrogen) atoms. The minimum atomic E-state index is -1.04. The Labute approximate surface area is 93.4 Å². The summed E-state index contributed by atoms with van der Waals surface area (Å²) >= 11 is 0. The van der Waals surface area contributed by atoms with Crippen molar-refractivity contribution in [2.45, 2.75) is 18.7 Å². The number of aliphatic carboxylic acids is 2. The Morgan fingerprint density at radius 2 is 1.56 bits per heavy atom. The maximum absolute atomic E-state index is 9.96. The molecule has 1 fully saturated rings. The van der Waals surface area contributed by atoms with Gasteiger partial charge in [0, 0.05) is 0 Å². The van der Waals surface area contributed by atoms with Crippen LogP contribution in [0.3, 0.4) is 0 Å². The van der Waals surface area contributed by atoms with Crippen LogP contribution >= 0.6 is 0 Å². The van der Waals surface area contributed by atoms with Gasteiger partial charge in [0.05, 0.1) is 13.1 Å². The van der Waals surface area contributed by atoms with E-state index in [1.54, 1.807) is 0 Å². The Kier molecular flexibility index (Phi) is 6.70. The first kappa shape index (κ1) is 14.9. The van der Waals surface area contributed by atoms with Gasteiger partial charge < -0.3 is 20.3 Å². The molecular weight excluding hydrogens is 217 g/mol. The third-order valence-electron chi connectivity index (χ3n) is 1.85. The van der Waals surface area contributed by atoms with Crippen molar-refractivity contribution in [2.75, 3.05) is 20.1 Å². The van der Waals surface area contributed by atoms with E-state index in [-0.39, 0.29) is 18.9 Å². The fourth-order valence-corrected chi connectivity index (χ4v) is 0.912. The van der Waals surface area contributed by atoms with Gasteiger partial charge in [-0.05, 0) is 12.9 Å². The molecule has 0 aromatic rings. The molecule has 1 rings (SSSR count). The van der Waals surface area contributed by atoms with Gasteiger partial charge in [0.15, 0.2) is 0 Å². The number of carboxylic acid groups (broad SMARTS) is 2. The Bertz CT molecular complexity index is 227. The Balaban J connectivity index is 0.000000315. The summed E-state index contributed by atoms with van der Waals surface area (Å²) in [5, 5.41) is 32.8. The highest BCUT2D eigenvalue weighted by molar-refractivity contribution is 6.44. The van der Waals surface area contributed by atoms with Gasteiger partial charge in [0.1, 0.15) is 0 Å². The molecule has 92 valence electrons. The number of hydrogen-bond acceptors (Lipinski definition) is 5. The molecule has 0 amide bonds. The van der Waals surface area contributed by atoms with Gasteiger partial charge in [-0.2, -0.15) is 0 Å². The van der Waals surface area contributed by atoms with Crippen LogP contribution < -0.4 is 0 Å². The van der Waals surface area contributed by atoms with Crippen molar-refractivity contribution in [3.63, 3.8) is 0 Å². The lowest BCUT2D eigenvalue weighted by Crippen LogP contribution is -2.30. The molecule has 0 atom stereocenters. The van der Waals surface area contributed by atoms with Crippen molar-refractivity contribution in [1.82, 2.24) is 4.90 Å². The summed E-state index contributed by atoms with van der Waals surface area (Å²) in [6, 6.07) is 0. The van der Waals surface area contributed by atoms with E-state index in [1.165, 1.54) is 11.9 Å². The third kappa shape index (κ3) is 9.44. The predicted molar refractivity (Wildman–Crippen MR) is 55.9 cm³/mol. The molecule has 0 aromatic heterocycles. The lowest BCUT2D eigenvalue weighted by Gasteiger charge is -2.08. The first-order valence-electron chi connectivity index (χ1n) is 4.81. The van der Waals surface area contributed by atoms with Crippen molar-refractivity contribution in [3.8, 4) is 0 Å². The van der Waals surface area contributed by atoms with E-state index in [2.05, 4.69) is 0 Å². The number of likely N-dealkylation sites (N-methyl/N-ethyl adjacent to an activating group) is 1. The zero-order valence-corrected chi connectivity index (χ0v) is 9.04. The Morgan fingerprint density at radius 1 is 1.19 bits per heavy atom. The van der Waals surface area contributed by atoms with Gasteiger partial charge in [-0.3, -0.25) is 14.5 Å². The van der Waals surface area contributed by atoms with Crippen LogP contribution in [0.15, 0.2) is 0 Å². The molecule has 1 aliphatic carbocycles. The zero-order valence-electron chi connectivity index (χ0n) is 9.04. The highest BCUT2D eigenvalue weighted by Gasteiger charge is 2.33. The molecule has 0 heterocycles. The number of rotatable bonds is 5. The van der Waals surface area contributed by atoms with Gasteiger partial charge in [-0.1, -0.05) is 12.8 Å². The molecule has 4 N–H and O–H groups in total. The highest BCUT2D eigenvalue weighted by atomic mass is 16.4. The molecule has 0 radical (unpaired) electrons. The summed E-state index contributed by atoms with van der Waals surface area (Å²) in [5.41, 5.74) is 0. The van der Waals surface area contributed by atoms with Gasteiger partial charge in [-0.25, -0.2) is 0 Å². The lowest BCUT2D eigenvalue weighted by atomic mass is 9.84. The molecule has 0 bridgehead atoms. The van der Waals surface area contributed by atoms with Crippen LogP contribution in [0.4, 0.5) is 0 Å². The van der Waals surface area contributed by atoms with E-state index in [1.807, 2.05) is 0 Å². The third-order valence-corrected chi connectivity index (χ3v) is 1.85. The summed E-state index contributed by atoms with van der Waals surface area (Å²) in [5.74, 6) is -1.84. The first-order valence-corrected chi connectivity index (χ1v) is 4.81. The maximum atomic E-state index is 9.96. The summed E-state index contributed by atoms with van der Waals surface area (Å²) in [6.45, 7) is -0.488. The molecule has 0 aromatic carbocycles. The van der Waals surface area contributed by atoms with Crippen molar-refractivity contribution < 1.29 is 29.9 Å². The average molecular weight is 233 g/mol. The maximum Gasteiger partial charge on any atom is 0.454 e. The van der Waals surface area contributed by atoms with Crippen LogP contribution in [0.5, 0.6) is 0 Å². The Morgan fingerprint density at radius 3 is 1.69 bits per heavy atom. The molecule has 8 heteroatoms. The largest absolute Gasteiger partial charge is 0.480 e. The standard InChI is InChI=1S/C5H9NO4.C3H7BO2/c1-6(2-4(7)8)3-5(9)10;5-4(6)3-1-2-3/h2-3H2,1H3,(H,7,8)(H,9,10);3,5-6H,1-2H2. The number of carboxylic acids is 2. The second kappa shape index (κ2) is 7.21. The predicted octanol–water partition coefficient (Wildman–Crippen LogP) is -1.29. The summed E-state index contributed by atoms with van der Waals surface area (Å²) in [7, 11) is 0.396. The molecular formula is C8H16BNO6. The second-order valence-electron chi connectivity index (χ2n) is 3.71. The summed E-state index contributed by atoms with van der Waals surface area (Å²) in [4.78, 5) is 21.1. The van der Waals surface area contributed by atoms with E-state index in [0.29, 0.717) is 0 Å². The Hall–Kier alpha value is -1.12. The minimum Gasteiger partial charge on any atom is -0.480 e. The fourth-order valence-electron chi connectivity index (χ4n) is 0.912. The van der Waals surface area contributed by atoms with Crippen LogP contribution in [0.2, 0.25) is 5.82 Å². The van der Waals surface area contributed by atoms with E-state index in [9.17, 15) is 9.59 Å². The number of hydrogen-bond donors (Lipinski definition) is 4. The quantitative estimate of drug-likeness (QED) is 0.436. The molecule has 0 unspecified atom stereocenters. The SMILES string of the molecule is CN(CC(=O)O)CC(=O)O.OB(O)C1CC1. The van der Waals surface area contributed by atoms with E-state index in [0.717, 1.165) is 12.8 Å². The van der Waals surface area contributed by atoms with Crippen LogP contribution in [-0.2, 0) is 9.59 Å². The van der Waals surface area contributed by atoms with Crippen LogP contribution in [-0.4, -0.2) is 64.4 Å². The topological polar surface area (TPSA) is 118 Å². The van der Waals surface area contributed by atoms with Crippen LogP contribution in [0, 0.1) is 0 Å². The van der Waals surface area contributed by atoms with Gasteiger partial charge in [-0.15, -0.1) is 0 Å². The van der Waals surface area contributed by atoms with Gasteiger partial charge in [0.25, 0.3) is 0 Å². The molecule has 0 spiro atoms. The van der Waals surface area contributed by atoms with Crippen molar-refractivity contribution in [2.24, 2.45) is 0 Å². The number of carbonyl (C=O) groups is 2. The van der Waals surface area contributed by atoms with Crippen LogP contribution in [0.25, 0.3) is 0 Å². The first-order chi connectivity index (χ1) is 7.32. The van der Waals surface area contributed by atoms with E-state index >= 15 is 0 Å². The molecule has 0 aliphatic heterocycles. The molecule has 1 saturated carbocycles. The van der Waals surface area contributed by atoms with E-state index in [4.69, 9.17) is 20.3 Å². The van der Waals surface area contributed by atoms with Crippen molar-refractivity contribution in [3.05, 3.63) is 0 Å². The highest BCUT2D eigenvalue weighted by Crippen LogP contribution is 2.36. The second-order valence-corrected chi connectivity index (χ2v) is 3.71. The summed E-state index contributed by atoms with van der Waals surface area (Å²) < 4.78 is 0. The summed E-state index contributed by atoms with van der Waals surface area (Å²) in [6.07, 6.45) is 2.00. The minimum absolute atomic E-state index is 0.213. The smallest absolute Gasteiger partial charge is 0.454 e. The monoisotopic (exact) mass is 233 g/mol. The van der Waals surface area contributed by atoms with Crippen LogP contribution in [0.1, 0.15) is 12.8 Å².